The van der Waals surface area contributed by atoms with Crippen LogP contribution in [-0.2, 0) is 0 Å². The van der Waals surface area contributed by atoms with E-state index in [0.29, 0.717) is 5.01 Å². The first-order valence-electron chi connectivity index (χ1n) is 4.50. The molecular weight excluding hydrogens is 326 g/mol. The Morgan fingerprint density at radius 1 is 1.35 bits per heavy atom. The highest BCUT2D eigenvalue weighted by molar-refractivity contribution is 9.11. The second kappa shape index (κ2) is 4.67. The number of halogens is 1. The molecule has 1 N–H and O–H groups in total. The molecule has 2 aromatic rings. The molecule has 0 aliphatic carbocycles. The summed E-state index contributed by atoms with van der Waals surface area (Å²) in [6, 6.07) is 3.69. The second-order valence-corrected chi connectivity index (χ2v) is 6.62. The Labute approximate surface area is 113 Å². The third kappa shape index (κ3) is 2.46. The molecule has 2 aromatic heterocycles. The summed E-state index contributed by atoms with van der Waals surface area (Å²) >= 11 is 5.88. The average Bonchev–Trinajstić information content (AvgIpc) is 2.82. The highest BCUT2D eigenvalue weighted by Crippen LogP contribution is 2.35. The lowest BCUT2D eigenvalue weighted by atomic mass is 10.3. The number of rotatable bonds is 3. The van der Waals surface area contributed by atoms with E-state index in [1.807, 2.05) is 12.1 Å². The monoisotopic (exact) mass is 331 g/mol. The molecule has 2 heterocycles. The molecular formula is C10H6BrNO3S2. The Bertz CT molecular complexity index is 571. The number of ketones is 1. The maximum atomic E-state index is 11.3. The van der Waals surface area contributed by atoms with Gasteiger partial charge in [-0.1, -0.05) is 0 Å². The van der Waals surface area contributed by atoms with E-state index in [4.69, 9.17) is 5.11 Å². The number of carbonyl (C=O) groups is 2. The fraction of sp³-hybridized carbons (Fsp3) is 0.100. The molecule has 0 amide bonds. The van der Waals surface area contributed by atoms with Gasteiger partial charge in [-0.25, -0.2) is 9.78 Å². The van der Waals surface area contributed by atoms with Gasteiger partial charge in [0, 0.05) is 6.92 Å². The van der Waals surface area contributed by atoms with Crippen molar-refractivity contribution in [1.29, 1.82) is 0 Å². The lowest BCUT2D eigenvalue weighted by Crippen LogP contribution is -2.03. The molecule has 4 nitrogen and oxygen atoms in total. The summed E-state index contributed by atoms with van der Waals surface area (Å²) in [4.78, 5) is 27.3. The number of aromatic carboxylic acids is 1. The summed E-state index contributed by atoms with van der Waals surface area (Å²) in [5.41, 5.74) is -0.165. The fourth-order valence-electron chi connectivity index (χ4n) is 1.24. The van der Waals surface area contributed by atoms with Crippen LogP contribution in [0.25, 0.3) is 9.88 Å². The molecule has 0 saturated heterocycles. The van der Waals surface area contributed by atoms with Crippen molar-refractivity contribution in [3.8, 4) is 9.88 Å². The van der Waals surface area contributed by atoms with Crippen molar-refractivity contribution in [2.45, 2.75) is 6.92 Å². The third-order valence-electron chi connectivity index (χ3n) is 1.93. The van der Waals surface area contributed by atoms with Crippen LogP contribution in [0.5, 0.6) is 0 Å². The average molecular weight is 332 g/mol. The first kappa shape index (κ1) is 12.4. The SMILES string of the molecule is CC(=O)c1sc(-c2ccc(Br)s2)nc1C(=O)O. The Morgan fingerprint density at radius 3 is 2.47 bits per heavy atom. The Morgan fingerprint density at radius 2 is 2.06 bits per heavy atom. The van der Waals surface area contributed by atoms with Gasteiger partial charge in [-0.15, -0.1) is 22.7 Å². The van der Waals surface area contributed by atoms with E-state index in [0.717, 1.165) is 20.0 Å². The number of thiophene rings is 1. The minimum atomic E-state index is -1.17. The van der Waals surface area contributed by atoms with Crippen LogP contribution in [0.1, 0.15) is 27.1 Å². The van der Waals surface area contributed by atoms with Gasteiger partial charge in [-0.05, 0) is 28.1 Å². The van der Waals surface area contributed by atoms with E-state index in [-0.39, 0.29) is 16.4 Å². The summed E-state index contributed by atoms with van der Waals surface area (Å²) in [5, 5.41) is 9.52. The normalized spacial score (nSPS) is 10.5. The van der Waals surface area contributed by atoms with Crippen LogP contribution in [0.4, 0.5) is 0 Å². The number of aromatic nitrogens is 1. The van der Waals surface area contributed by atoms with E-state index < -0.39 is 5.97 Å². The summed E-state index contributed by atoms with van der Waals surface area (Å²) in [7, 11) is 0. The molecule has 0 spiro atoms. The molecule has 0 unspecified atom stereocenters. The standard InChI is InChI=1S/C10H6BrNO3S2/c1-4(13)8-7(10(14)15)12-9(17-8)5-2-3-6(11)16-5/h2-3H,1H3,(H,14,15). The van der Waals surface area contributed by atoms with Gasteiger partial charge in [0.2, 0.25) is 0 Å². The number of nitrogens with zero attached hydrogens (tertiary/aromatic N) is 1. The van der Waals surface area contributed by atoms with E-state index in [2.05, 4.69) is 20.9 Å². The molecule has 2 rings (SSSR count). The molecule has 7 heteroatoms. The lowest BCUT2D eigenvalue weighted by molar-refractivity contribution is 0.0687. The molecule has 0 aromatic carbocycles. The smallest absolute Gasteiger partial charge is 0.356 e. The summed E-state index contributed by atoms with van der Waals surface area (Å²) in [6.07, 6.45) is 0. The van der Waals surface area contributed by atoms with Crippen molar-refractivity contribution >= 4 is 50.4 Å². The Hall–Kier alpha value is -1.05. The summed E-state index contributed by atoms with van der Waals surface area (Å²) < 4.78 is 0.934. The van der Waals surface area contributed by atoms with Crippen molar-refractivity contribution < 1.29 is 14.7 Å². The van der Waals surface area contributed by atoms with Gasteiger partial charge in [0.1, 0.15) is 9.88 Å². The number of carboxylic acid groups (broad SMARTS) is 1. The summed E-state index contributed by atoms with van der Waals surface area (Å²) in [5.74, 6) is -1.45. The van der Waals surface area contributed by atoms with Gasteiger partial charge < -0.3 is 5.11 Å². The molecule has 17 heavy (non-hydrogen) atoms. The highest BCUT2D eigenvalue weighted by Gasteiger charge is 2.21. The quantitative estimate of drug-likeness (QED) is 0.873. The maximum Gasteiger partial charge on any atom is 0.356 e. The maximum absolute atomic E-state index is 11.3. The van der Waals surface area contributed by atoms with Crippen molar-refractivity contribution in [1.82, 2.24) is 4.98 Å². The van der Waals surface area contributed by atoms with Gasteiger partial charge in [0.25, 0.3) is 0 Å². The molecule has 0 aliphatic rings. The Kier molecular flexibility index (Phi) is 3.41. The van der Waals surface area contributed by atoms with Crippen LogP contribution in [0, 0.1) is 0 Å². The minimum absolute atomic E-state index is 0.165. The zero-order valence-corrected chi connectivity index (χ0v) is 11.8. The van der Waals surface area contributed by atoms with Gasteiger partial charge in [-0.3, -0.25) is 4.79 Å². The molecule has 88 valence electrons. The van der Waals surface area contributed by atoms with Gasteiger partial charge in [0.15, 0.2) is 11.5 Å². The summed E-state index contributed by atoms with van der Waals surface area (Å²) in [6.45, 7) is 1.34. The minimum Gasteiger partial charge on any atom is -0.476 e. The fourth-order valence-corrected chi connectivity index (χ4v) is 3.63. The second-order valence-electron chi connectivity index (χ2n) is 3.16. The van der Waals surface area contributed by atoms with E-state index in [1.165, 1.54) is 18.3 Å². The molecule has 0 fully saturated rings. The van der Waals surface area contributed by atoms with Crippen molar-refractivity contribution in [2.75, 3.05) is 0 Å². The number of carboxylic acids is 1. The first-order valence-corrected chi connectivity index (χ1v) is 6.92. The van der Waals surface area contributed by atoms with Gasteiger partial charge in [0.05, 0.1) is 8.66 Å². The number of thiazole rings is 1. The van der Waals surface area contributed by atoms with Crippen LogP contribution in [0.2, 0.25) is 0 Å². The van der Waals surface area contributed by atoms with Gasteiger partial charge in [-0.2, -0.15) is 0 Å². The van der Waals surface area contributed by atoms with Crippen molar-refractivity contribution in [2.24, 2.45) is 0 Å². The van der Waals surface area contributed by atoms with Crippen LogP contribution < -0.4 is 0 Å². The highest BCUT2D eigenvalue weighted by atomic mass is 79.9. The van der Waals surface area contributed by atoms with Crippen LogP contribution in [0.15, 0.2) is 15.9 Å². The van der Waals surface area contributed by atoms with E-state index in [1.54, 1.807) is 0 Å². The molecule has 0 saturated carbocycles. The zero-order valence-electron chi connectivity index (χ0n) is 8.56. The van der Waals surface area contributed by atoms with E-state index in [9.17, 15) is 9.59 Å². The predicted octanol–water partition coefficient (Wildman–Crippen LogP) is 3.53. The number of hydrogen-bond acceptors (Lipinski definition) is 5. The largest absolute Gasteiger partial charge is 0.476 e. The van der Waals surface area contributed by atoms with Crippen LogP contribution >= 0.6 is 38.6 Å². The van der Waals surface area contributed by atoms with Crippen molar-refractivity contribution in [3.63, 3.8) is 0 Å². The van der Waals surface area contributed by atoms with Gasteiger partial charge >= 0.3 is 5.97 Å². The predicted molar refractivity (Wildman–Crippen MR) is 70.1 cm³/mol. The number of hydrogen-bond donors (Lipinski definition) is 1. The lowest BCUT2D eigenvalue weighted by Gasteiger charge is -1.89. The molecule has 0 aliphatic heterocycles. The van der Waals surface area contributed by atoms with Crippen LogP contribution in [-0.4, -0.2) is 21.8 Å². The Balaban J connectivity index is 2.54. The third-order valence-corrected chi connectivity index (χ3v) is 4.88. The number of Topliss-reactive ketones (excluding diaryl/α,β-unsaturated/α-hetero) is 1. The van der Waals surface area contributed by atoms with E-state index >= 15 is 0 Å². The first-order chi connectivity index (χ1) is 7.99. The van der Waals surface area contributed by atoms with Crippen molar-refractivity contribution in [3.05, 3.63) is 26.5 Å². The molecule has 0 bridgehead atoms. The van der Waals surface area contributed by atoms with Crippen LogP contribution in [0.3, 0.4) is 0 Å². The topological polar surface area (TPSA) is 67.3 Å². The molecule has 0 atom stereocenters. The molecule has 0 radical (unpaired) electrons. The zero-order chi connectivity index (χ0) is 12.6. The number of carbonyl (C=O) groups excluding carboxylic acids is 1.